The van der Waals surface area contributed by atoms with Crippen molar-refractivity contribution in [2.75, 3.05) is 4.72 Å². The summed E-state index contributed by atoms with van der Waals surface area (Å²) in [4.78, 5) is 15.3. The number of nitro groups is 1. The van der Waals surface area contributed by atoms with Gasteiger partial charge < -0.3 is 0 Å². The van der Waals surface area contributed by atoms with Crippen molar-refractivity contribution in [3.05, 3.63) is 70.4 Å². The lowest BCUT2D eigenvalue weighted by molar-refractivity contribution is -0.383. The van der Waals surface area contributed by atoms with Gasteiger partial charge in [-0.2, -0.15) is 0 Å². The zero-order valence-electron chi connectivity index (χ0n) is 19.7. The molecule has 7 nitrogen and oxygen atoms in total. The monoisotopic (exact) mass is 483 g/mol. The molecule has 0 aliphatic heterocycles. The molecule has 0 saturated carbocycles. The highest BCUT2D eigenvalue weighted by atomic mass is 32.2. The van der Waals surface area contributed by atoms with E-state index in [0.717, 1.165) is 18.4 Å². The molecule has 3 rings (SSSR count). The summed E-state index contributed by atoms with van der Waals surface area (Å²) < 4.78 is 29.2. The van der Waals surface area contributed by atoms with Gasteiger partial charge in [0.05, 0.1) is 20.9 Å². The molecule has 0 spiro atoms. The Balaban J connectivity index is 1.68. The molecule has 0 radical (unpaired) electrons. The van der Waals surface area contributed by atoms with Crippen molar-refractivity contribution >= 4 is 32.3 Å². The number of fused-ring (bicyclic) bond motifs is 1. The number of hydrogen-bond acceptors (Lipinski definition) is 5. The zero-order valence-corrected chi connectivity index (χ0v) is 20.5. The molecule has 0 aliphatic carbocycles. The smallest absolute Gasteiger partial charge is 0.277 e. The van der Waals surface area contributed by atoms with Crippen LogP contribution in [0.2, 0.25) is 0 Å². The number of pyridine rings is 1. The predicted octanol–water partition coefficient (Wildman–Crippen LogP) is 7.02. The van der Waals surface area contributed by atoms with Gasteiger partial charge in [0.2, 0.25) is 0 Å². The number of aromatic nitrogens is 1. The molecular formula is C26H33N3O4S. The number of non-ortho nitro benzene ring substituents is 1. The van der Waals surface area contributed by atoms with Crippen molar-refractivity contribution in [3.8, 4) is 0 Å². The summed E-state index contributed by atoms with van der Waals surface area (Å²) in [5.41, 5.74) is 1.13. The molecule has 1 heterocycles. The van der Waals surface area contributed by atoms with Crippen LogP contribution in [0.5, 0.6) is 0 Å². The van der Waals surface area contributed by atoms with Gasteiger partial charge in [-0.1, -0.05) is 76.5 Å². The molecule has 0 atom stereocenters. The Labute approximate surface area is 201 Å². The molecule has 0 fully saturated rings. The van der Waals surface area contributed by atoms with Crippen molar-refractivity contribution < 1.29 is 13.3 Å². The lowest BCUT2D eigenvalue weighted by atomic mass is 10.0. The molecule has 0 unspecified atom stereocenters. The third-order valence-electron chi connectivity index (χ3n) is 6.00. The Bertz CT molecular complexity index is 1210. The Morgan fingerprint density at radius 2 is 1.56 bits per heavy atom. The predicted molar refractivity (Wildman–Crippen MR) is 137 cm³/mol. The van der Waals surface area contributed by atoms with Gasteiger partial charge >= 0.3 is 0 Å². The molecule has 0 bridgehead atoms. The van der Waals surface area contributed by atoms with Gasteiger partial charge in [-0.05, 0) is 42.7 Å². The SMILES string of the molecule is CCCCCCCCCCCc1ccccc1S(=O)(=O)Nc1ccc([N+](=O)[O-])c2cccnc12. The lowest BCUT2D eigenvalue weighted by Crippen LogP contribution is -2.15. The van der Waals surface area contributed by atoms with E-state index in [9.17, 15) is 18.5 Å². The number of hydrogen-bond donors (Lipinski definition) is 1. The average Bonchev–Trinajstić information content (AvgIpc) is 2.83. The molecule has 34 heavy (non-hydrogen) atoms. The van der Waals surface area contributed by atoms with E-state index in [1.54, 1.807) is 24.3 Å². The summed E-state index contributed by atoms with van der Waals surface area (Å²) in [5, 5.41) is 11.6. The van der Waals surface area contributed by atoms with Gasteiger partial charge in [-0.25, -0.2) is 8.42 Å². The van der Waals surface area contributed by atoms with Crippen LogP contribution in [0.4, 0.5) is 11.4 Å². The third-order valence-corrected chi connectivity index (χ3v) is 7.47. The second kappa shape index (κ2) is 12.5. The minimum absolute atomic E-state index is 0.114. The summed E-state index contributed by atoms with van der Waals surface area (Å²) in [7, 11) is -3.89. The zero-order chi connectivity index (χ0) is 24.4. The Kier molecular flexibility index (Phi) is 9.39. The van der Waals surface area contributed by atoms with Crippen molar-refractivity contribution in [2.24, 2.45) is 0 Å². The van der Waals surface area contributed by atoms with E-state index < -0.39 is 14.9 Å². The number of anilines is 1. The standard InChI is InChI=1S/C26H33N3O4S/c1-2-3-4-5-6-7-8-9-10-14-21-15-11-12-17-25(21)34(32,33)28-23-18-19-24(29(30)31)22-16-13-20-27-26(22)23/h11-13,15-20,28H,2-10,14H2,1H3. The summed E-state index contributed by atoms with van der Waals surface area (Å²) in [6.45, 7) is 2.22. The number of benzene rings is 2. The first-order valence-electron chi connectivity index (χ1n) is 12.1. The average molecular weight is 484 g/mol. The van der Waals surface area contributed by atoms with Crippen LogP contribution in [0, 0.1) is 10.1 Å². The first kappa shape index (κ1) is 25.6. The van der Waals surface area contributed by atoms with Crippen LogP contribution in [-0.4, -0.2) is 18.3 Å². The fraction of sp³-hybridized carbons (Fsp3) is 0.423. The Hall–Kier alpha value is -3.00. The maximum Gasteiger partial charge on any atom is 0.278 e. The van der Waals surface area contributed by atoms with E-state index in [1.807, 2.05) is 12.1 Å². The lowest BCUT2D eigenvalue weighted by Gasteiger charge is -2.13. The number of nitro benzene ring substituents is 1. The Morgan fingerprint density at radius 1 is 0.882 bits per heavy atom. The van der Waals surface area contributed by atoms with Crippen molar-refractivity contribution in [1.82, 2.24) is 4.98 Å². The summed E-state index contributed by atoms with van der Waals surface area (Å²) in [6.07, 6.45) is 13.0. The molecule has 0 amide bonds. The molecule has 1 aromatic heterocycles. The number of sulfonamides is 1. The van der Waals surface area contributed by atoms with E-state index in [2.05, 4.69) is 16.6 Å². The van der Waals surface area contributed by atoms with Gasteiger partial charge in [0.25, 0.3) is 15.7 Å². The maximum absolute atomic E-state index is 13.3. The van der Waals surface area contributed by atoms with Crippen molar-refractivity contribution in [1.29, 1.82) is 0 Å². The van der Waals surface area contributed by atoms with Crippen LogP contribution in [0.1, 0.15) is 70.3 Å². The van der Waals surface area contributed by atoms with Crippen molar-refractivity contribution in [2.45, 2.75) is 76.0 Å². The van der Waals surface area contributed by atoms with E-state index in [4.69, 9.17) is 0 Å². The highest BCUT2D eigenvalue weighted by Crippen LogP contribution is 2.31. The molecule has 1 N–H and O–H groups in total. The van der Waals surface area contributed by atoms with Crippen LogP contribution in [0.25, 0.3) is 10.9 Å². The number of nitrogens with one attached hydrogen (secondary N) is 1. The second-order valence-corrected chi connectivity index (χ2v) is 10.2. The number of unbranched alkanes of at least 4 members (excludes halogenated alkanes) is 8. The van der Waals surface area contributed by atoms with Crippen LogP contribution in [0.15, 0.2) is 59.6 Å². The van der Waals surface area contributed by atoms with Crippen LogP contribution >= 0.6 is 0 Å². The molecular weight excluding hydrogens is 450 g/mol. The highest BCUT2D eigenvalue weighted by molar-refractivity contribution is 7.92. The van der Waals surface area contributed by atoms with Gasteiger partial charge in [-0.15, -0.1) is 0 Å². The first-order chi connectivity index (χ1) is 16.4. The minimum Gasteiger partial charge on any atom is -0.277 e. The maximum atomic E-state index is 13.3. The third kappa shape index (κ3) is 6.76. The molecule has 3 aromatic rings. The van der Waals surface area contributed by atoms with Gasteiger partial charge in [0, 0.05) is 12.3 Å². The van der Waals surface area contributed by atoms with E-state index in [1.165, 1.54) is 63.3 Å². The number of rotatable bonds is 14. The highest BCUT2D eigenvalue weighted by Gasteiger charge is 2.22. The van der Waals surface area contributed by atoms with Gasteiger partial charge in [-0.3, -0.25) is 19.8 Å². The topological polar surface area (TPSA) is 102 Å². The number of aryl methyl sites for hydroxylation is 1. The fourth-order valence-corrected chi connectivity index (χ4v) is 5.53. The molecule has 0 saturated heterocycles. The molecule has 8 heteroatoms. The van der Waals surface area contributed by atoms with Crippen LogP contribution in [0.3, 0.4) is 0 Å². The van der Waals surface area contributed by atoms with Gasteiger partial charge in [0.1, 0.15) is 5.52 Å². The fourth-order valence-electron chi connectivity index (χ4n) is 4.20. The minimum atomic E-state index is -3.89. The first-order valence-corrected chi connectivity index (χ1v) is 13.5. The van der Waals surface area contributed by atoms with E-state index in [-0.39, 0.29) is 27.2 Å². The van der Waals surface area contributed by atoms with Crippen molar-refractivity contribution in [3.63, 3.8) is 0 Å². The summed E-state index contributed by atoms with van der Waals surface area (Å²) in [6, 6.07) is 12.9. The second-order valence-electron chi connectivity index (χ2n) is 8.58. The number of nitrogens with zero attached hydrogens (tertiary/aromatic N) is 2. The van der Waals surface area contributed by atoms with E-state index in [0.29, 0.717) is 6.42 Å². The molecule has 0 aliphatic rings. The summed E-state index contributed by atoms with van der Waals surface area (Å²) in [5.74, 6) is 0. The summed E-state index contributed by atoms with van der Waals surface area (Å²) >= 11 is 0. The Morgan fingerprint density at radius 3 is 2.26 bits per heavy atom. The van der Waals surface area contributed by atoms with Gasteiger partial charge in [0.15, 0.2) is 0 Å². The largest absolute Gasteiger partial charge is 0.278 e. The van der Waals surface area contributed by atoms with E-state index >= 15 is 0 Å². The normalized spacial score (nSPS) is 11.6. The van der Waals surface area contributed by atoms with Crippen LogP contribution < -0.4 is 4.72 Å². The quantitative estimate of drug-likeness (QED) is 0.151. The molecule has 182 valence electrons. The molecule has 2 aromatic carbocycles. The van der Waals surface area contributed by atoms with Crippen LogP contribution in [-0.2, 0) is 16.4 Å².